The van der Waals surface area contributed by atoms with Gasteiger partial charge in [0.2, 0.25) is 0 Å². The van der Waals surface area contributed by atoms with Gasteiger partial charge < -0.3 is 23.8 Å². The number of aromatic nitrogens is 6. The molecule has 5 aromatic rings. The molecule has 0 amide bonds. The maximum Gasteiger partial charge on any atom is 0.278 e. The van der Waals surface area contributed by atoms with Gasteiger partial charge in [0.15, 0.2) is 23.0 Å². The fourth-order valence-electron chi connectivity index (χ4n) is 7.12. The summed E-state index contributed by atoms with van der Waals surface area (Å²) in [6.45, 7) is 5.83. The van der Waals surface area contributed by atoms with Crippen LogP contribution >= 0.6 is 11.6 Å². The van der Waals surface area contributed by atoms with Crippen LogP contribution in [-0.4, -0.2) is 60.4 Å². The third-order valence-corrected chi connectivity index (χ3v) is 10.2. The van der Waals surface area contributed by atoms with Gasteiger partial charge in [0, 0.05) is 41.8 Å². The van der Waals surface area contributed by atoms with E-state index in [2.05, 4.69) is 36.8 Å². The molecule has 6 heterocycles. The van der Waals surface area contributed by atoms with E-state index in [1.165, 1.54) is 18.9 Å². The van der Waals surface area contributed by atoms with E-state index < -0.39 is 11.6 Å². The van der Waals surface area contributed by atoms with Crippen LogP contribution in [0.2, 0.25) is 5.02 Å². The number of benzene rings is 2. The highest BCUT2D eigenvalue weighted by molar-refractivity contribution is 6.30. The lowest BCUT2D eigenvalue weighted by Gasteiger charge is -2.33. The summed E-state index contributed by atoms with van der Waals surface area (Å²) in [6.07, 6.45) is 7.33. The number of likely N-dealkylation sites (tertiary alicyclic amines) is 1. The molecule has 10 nitrogen and oxygen atoms in total. The van der Waals surface area contributed by atoms with Crippen LogP contribution in [0.1, 0.15) is 73.6 Å². The molecular weight excluding hydrogens is 621 g/mol. The van der Waals surface area contributed by atoms with Crippen molar-refractivity contribution < 1.29 is 18.6 Å². The Hall–Kier alpha value is -4.06. The Morgan fingerprint density at radius 3 is 2.64 bits per heavy atom. The first-order chi connectivity index (χ1) is 22.9. The largest absolute Gasteiger partial charge is 0.444 e. The summed E-state index contributed by atoms with van der Waals surface area (Å²) in [5, 5.41) is 9.07. The lowest BCUT2D eigenvalue weighted by atomic mass is 9.88. The summed E-state index contributed by atoms with van der Waals surface area (Å²) >= 11 is 6.00. The van der Waals surface area contributed by atoms with Crippen molar-refractivity contribution in [3.05, 3.63) is 82.3 Å². The van der Waals surface area contributed by atoms with Crippen LogP contribution in [0.15, 0.2) is 48.7 Å². The number of H-pyrrole nitrogens is 1. The molecule has 1 N–H and O–H groups in total. The molecule has 242 valence electrons. The van der Waals surface area contributed by atoms with Gasteiger partial charge >= 0.3 is 0 Å². The number of aromatic amines is 1. The first-order valence-electron chi connectivity index (χ1n) is 16.5. The minimum absolute atomic E-state index is 0.183. The summed E-state index contributed by atoms with van der Waals surface area (Å²) in [4.78, 5) is 15.8. The van der Waals surface area contributed by atoms with Gasteiger partial charge in [0.05, 0.1) is 24.8 Å². The monoisotopic (exact) mass is 655 g/mol. The van der Waals surface area contributed by atoms with Crippen molar-refractivity contribution in [1.82, 2.24) is 34.6 Å². The Kier molecular flexibility index (Phi) is 6.99. The average molecular weight is 656 g/mol. The molecule has 2 aromatic carbocycles. The van der Waals surface area contributed by atoms with Crippen molar-refractivity contribution in [2.75, 3.05) is 19.7 Å². The number of nitrogens with zero attached hydrogens (tertiary/aromatic N) is 6. The number of para-hydroxylation sites is 1. The molecule has 0 radical (unpaired) electrons. The van der Waals surface area contributed by atoms with Gasteiger partial charge in [-0.1, -0.05) is 23.7 Å². The standard InChI is InChI=1S/C35H35ClFN7O3/c1-35(26-8-7-23(36)16-27(26)37)46-29-4-2-3-25(31(29)47-35)20-9-12-43(13-10-20)19-30-39-28-15-22(33-40-32(41-42-33)21-5-6-21)17-38-34(28)44(30)18-24-11-14-45-24/h2-4,7-8,15-17,20-21,24H,5-6,9-14,18-19H2,1H3,(H,40,41,42). The van der Waals surface area contributed by atoms with E-state index >= 15 is 0 Å². The molecule has 1 aliphatic carbocycles. The summed E-state index contributed by atoms with van der Waals surface area (Å²) < 4.78 is 35.6. The Balaban J connectivity index is 0.926. The van der Waals surface area contributed by atoms with Crippen LogP contribution in [0.3, 0.4) is 0 Å². The van der Waals surface area contributed by atoms with Crippen molar-refractivity contribution in [3.63, 3.8) is 0 Å². The molecule has 3 aliphatic heterocycles. The van der Waals surface area contributed by atoms with Crippen molar-refractivity contribution in [2.24, 2.45) is 0 Å². The molecule has 12 heteroatoms. The van der Waals surface area contributed by atoms with Crippen molar-refractivity contribution in [3.8, 4) is 22.9 Å². The zero-order chi connectivity index (χ0) is 31.7. The normalized spacial score (nSPS) is 23.0. The van der Waals surface area contributed by atoms with E-state index in [0.29, 0.717) is 28.0 Å². The predicted molar refractivity (Wildman–Crippen MR) is 173 cm³/mol. The fraction of sp³-hybridized carbons (Fsp3) is 0.429. The molecule has 9 rings (SSSR count). The quantitative estimate of drug-likeness (QED) is 0.197. The van der Waals surface area contributed by atoms with E-state index in [-0.39, 0.29) is 12.0 Å². The zero-order valence-corrected chi connectivity index (χ0v) is 26.8. The SMILES string of the molecule is CC1(c2ccc(Cl)cc2F)Oc2cccc(C3CCN(Cc4nc5cc(-c6nnc(C7CC7)[nH]6)cnc5n4CC4CCO4)CC3)c2O1. The summed E-state index contributed by atoms with van der Waals surface area (Å²) in [5.41, 5.74) is 4.04. The summed E-state index contributed by atoms with van der Waals surface area (Å²) in [6, 6.07) is 12.6. The highest BCUT2D eigenvalue weighted by atomic mass is 35.5. The lowest BCUT2D eigenvalue weighted by molar-refractivity contribution is -0.0712. The fourth-order valence-corrected chi connectivity index (χ4v) is 7.28. The van der Waals surface area contributed by atoms with E-state index in [4.69, 9.17) is 35.8 Å². The van der Waals surface area contributed by atoms with E-state index in [1.54, 1.807) is 19.1 Å². The highest BCUT2D eigenvalue weighted by Crippen LogP contribution is 2.50. The number of imidazole rings is 1. The molecule has 3 fully saturated rings. The molecule has 2 unspecified atom stereocenters. The Bertz CT molecular complexity index is 1980. The molecule has 2 atom stereocenters. The molecule has 1 saturated carbocycles. The van der Waals surface area contributed by atoms with Gasteiger partial charge in [-0.3, -0.25) is 4.90 Å². The molecule has 0 bridgehead atoms. The van der Waals surface area contributed by atoms with E-state index in [9.17, 15) is 4.39 Å². The van der Waals surface area contributed by atoms with Gasteiger partial charge in [-0.15, -0.1) is 10.2 Å². The van der Waals surface area contributed by atoms with Crippen LogP contribution in [0.5, 0.6) is 11.5 Å². The third-order valence-electron chi connectivity index (χ3n) is 10.0. The van der Waals surface area contributed by atoms with Crippen molar-refractivity contribution in [2.45, 2.75) is 75.8 Å². The number of halogens is 2. The topological polar surface area (TPSA) is 103 Å². The summed E-state index contributed by atoms with van der Waals surface area (Å²) in [7, 11) is 0. The smallest absolute Gasteiger partial charge is 0.278 e. The molecule has 47 heavy (non-hydrogen) atoms. The van der Waals surface area contributed by atoms with Gasteiger partial charge in [-0.25, -0.2) is 14.4 Å². The van der Waals surface area contributed by atoms with Crippen LogP contribution in [0.4, 0.5) is 4.39 Å². The zero-order valence-electron chi connectivity index (χ0n) is 26.1. The van der Waals surface area contributed by atoms with Gasteiger partial charge in [-0.2, -0.15) is 0 Å². The predicted octanol–water partition coefficient (Wildman–Crippen LogP) is 6.70. The number of pyridine rings is 1. The lowest BCUT2D eigenvalue weighted by Crippen LogP contribution is -2.35. The minimum atomic E-state index is -1.27. The third kappa shape index (κ3) is 5.34. The Morgan fingerprint density at radius 2 is 1.87 bits per heavy atom. The first kappa shape index (κ1) is 29.1. The number of ether oxygens (including phenoxy) is 3. The maximum absolute atomic E-state index is 14.9. The number of hydrogen-bond donors (Lipinski definition) is 1. The van der Waals surface area contributed by atoms with E-state index in [0.717, 1.165) is 91.8 Å². The maximum atomic E-state index is 14.9. The second-order valence-electron chi connectivity index (χ2n) is 13.3. The second kappa shape index (κ2) is 11.3. The van der Waals surface area contributed by atoms with Crippen molar-refractivity contribution >= 4 is 22.8 Å². The Morgan fingerprint density at radius 1 is 1.02 bits per heavy atom. The molecule has 3 aromatic heterocycles. The number of hydrogen-bond acceptors (Lipinski definition) is 8. The molecular formula is C35H35ClFN7O3. The van der Waals surface area contributed by atoms with E-state index in [1.807, 2.05) is 18.3 Å². The number of fused-ring (bicyclic) bond motifs is 2. The van der Waals surface area contributed by atoms with Crippen molar-refractivity contribution in [1.29, 1.82) is 0 Å². The van der Waals surface area contributed by atoms with Crippen LogP contribution in [0, 0.1) is 5.82 Å². The average Bonchev–Trinajstić information content (AvgIpc) is 3.50. The van der Waals surface area contributed by atoms with Gasteiger partial charge in [0.1, 0.15) is 23.0 Å². The molecule has 0 spiro atoms. The minimum Gasteiger partial charge on any atom is -0.444 e. The van der Waals surface area contributed by atoms with Crippen LogP contribution in [0.25, 0.3) is 22.6 Å². The Labute approximate surface area is 276 Å². The molecule has 4 aliphatic rings. The van der Waals surface area contributed by atoms with Gasteiger partial charge in [-0.05, 0) is 81.4 Å². The first-order valence-corrected chi connectivity index (χ1v) is 16.9. The number of piperidine rings is 1. The molecule has 2 saturated heterocycles. The highest BCUT2D eigenvalue weighted by Gasteiger charge is 2.43. The summed E-state index contributed by atoms with van der Waals surface area (Å²) in [5.74, 6) is 3.10. The van der Waals surface area contributed by atoms with Crippen LogP contribution < -0.4 is 9.47 Å². The number of rotatable bonds is 8. The van der Waals surface area contributed by atoms with Crippen LogP contribution in [-0.2, 0) is 23.6 Å². The van der Waals surface area contributed by atoms with Gasteiger partial charge in [0.25, 0.3) is 5.79 Å². The number of nitrogens with one attached hydrogen (secondary N) is 1. The second-order valence-corrected chi connectivity index (χ2v) is 13.8.